The maximum Gasteiger partial charge on any atom is 0.128 e. The Morgan fingerprint density at radius 1 is 1.25 bits per heavy atom. The Morgan fingerprint density at radius 2 is 2.05 bits per heavy atom. The maximum absolute atomic E-state index is 5.41. The van der Waals surface area contributed by atoms with Gasteiger partial charge in [0.2, 0.25) is 0 Å². The molecule has 0 atom stereocenters. The van der Waals surface area contributed by atoms with E-state index in [0.29, 0.717) is 13.0 Å². The number of nitrogens with zero attached hydrogens (tertiary/aromatic N) is 1. The Bertz CT molecular complexity index is 584. The predicted molar refractivity (Wildman–Crippen MR) is 79.2 cm³/mol. The van der Waals surface area contributed by atoms with Crippen molar-refractivity contribution >= 4 is 11.3 Å². The zero-order valence-corrected chi connectivity index (χ0v) is 12.6. The van der Waals surface area contributed by atoms with Crippen LogP contribution in [0.5, 0.6) is 11.5 Å². The fourth-order valence-electron chi connectivity index (χ4n) is 1.95. The van der Waals surface area contributed by atoms with E-state index >= 15 is 0 Å². The summed E-state index contributed by atoms with van der Waals surface area (Å²) < 4.78 is 10.7. The third-order valence-corrected chi connectivity index (χ3v) is 3.97. The van der Waals surface area contributed by atoms with Gasteiger partial charge in [-0.25, -0.2) is 10.9 Å². The van der Waals surface area contributed by atoms with Crippen LogP contribution in [-0.2, 0) is 11.3 Å². The van der Waals surface area contributed by atoms with Crippen LogP contribution < -0.4 is 15.4 Å². The van der Waals surface area contributed by atoms with Crippen LogP contribution in [0, 0.1) is 6.92 Å². The van der Waals surface area contributed by atoms with Gasteiger partial charge >= 0.3 is 0 Å². The number of hydrogen-bond donors (Lipinski definition) is 1. The minimum atomic E-state index is 0.460. The summed E-state index contributed by atoms with van der Waals surface area (Å²) in [4.78, 5) is 10.4. The number of ether oxygens (including phenoxy) is 2. The molecule has 0 aliphatic rings. The Labute approximate surface area is 122 Å². The third kappa shape index (κ3) is 3.09. The number of aromatic nitrogens is 1. The van der Waals surface area contributed by atoms with Gasteiger partial charge in [0, 0.05) is 16.9 Å². The number of hydrogen-bond acceptors (Lipinski definition) is 6. The molecule has 1 aromatic heterocycles. The summed E-state index contributed by atoms with van der Waals surface area (Å²) in [6.07, 6.45) is 0.703. The first-order valence-electron chi connectivity index (χ1n) is 6.20. The molecule has 1 heterocycles. The second-order valence-corrected chi connectivity index (χ2v) is 5.49. The Hall–Kier alpha value is -1.63. The molecular formula is C14H18N2O3S. The van der Waals surface area contributed by atoms with Gasteiger partial charge in [-0.3, -0.25) is 0 Å². The highest BCUT2D eigenvalue weighted by Gasteiger charge is 2.15. The molecule has 0 aliphatic carbocycles. The van der Waals surface area contributed by atoms with Crippen LogP contribution in [0.15, 0.2) is 18.2 Å². The van der Waals surface area contributed by atoms with Crippen molar-refractivity contribution in [2.75, 3.05) is 20.8 Å². The molecule has 0 bridgehead atoms. The van der Waals surface area contributed by atoms with E-state index in [0.717, 1.165) is 32.6 Å². The summed E-state index contributed by atoms with van der Waals surface area (Å²) in [5.74, 6) is 6.61. The number of nitrogens with two attached hydrogens (primary N) is 1. The Kier molecular flexibility index (Phi) is 4.94. The van der Waals surface area contributed by atoms with Gasteiger partial charge in [0.05, 0.1) is 31.5 Å². The van der Waals surface area contributed by atoms with Crippen molar-refractivity contribution in [2.24, 2.45) is 5.90 Å². The molecule has 0 spiro atoms. The minimum Gasteiger partial charge on any atom is -0.497 e. The van der Waals surface area contributed by atoms with Crippen molar-refractivity contribution in [2.45, 2.75) is 13.3 Å². The minimum absolute atomic E-state index is 0.460. The molecule has 0 radical (unpaired) electrons. The zero-order valence-electron chi connectivity index (χ0n) is 11.8. The van der Waals surface area contributed by atoms with Crippen molar-refractivity contribution in [3.05, 3.63) is 28.1 Å². The van der Waals surface area contributed by atoms with Gasteiger partial charge < -0.3 is 14.3 Å². The SMILES string of the molecule is COc1ccc(OC)c(-c2nc(CCON)sc2C)c1. The quantitative estimate of drug-likeness (QED) is 0.829. The van der Waals surface area contributed by atoms with Crippen LogP contribution in [0.1, 0.15) is 9.88 Å². The van der Waals surface area contributed by atoms with E-state index < -0.39 is 0 Å². The fraction of sp³-hybridized carbons (Fsp3) is 0.357. The molecule has 1 aromatic carbocycles. The second kappa shape index (κ2) is 6.69. The van der Waals surface area contributed by atoms with Crippen LogP contribution in [0.2, 0.25) is 0 Å². The van der Waals surface area contributed by atoms with Crippen molar-refractivity contribution in [3.63, 3.8) is 0 Å². The van der Waals surface area contributed by atoms with Crippen molar-refractivity contribution in [3.8, 4) is 22.8 Å². The van der Waals surface area contributed by atoms with Crippen LogP contribution >= 0.6 is 11.3 Å². The lowest BCUT2D eigenvalue weighted by Crippen LogP contribution is -2.03. The number of methoxy groups -OCH3 is 2. The lowest BCUT2D eigenvalue weighted by atomic mass is 10.1. The van der Waals surface area contributed by atoms with Crippen LogP contribution in [0.3, 0.4) is 0 Å². The van der Waals surface area contributed by atoms with Crippen LogP contribution in [0.25, 0.3) is 11.3 Å². The molecule has 0 saturated carbocycles. The van der Waals surface area contributed by atoms with E-state index in [1.165, 1.54) is 0 Å². The van der Waals surface area contributed by atoms with Gasteiger partial charge in [0.1, 0.15) is 11.5 Å². The van der Waals surface area contributed by atoms with Crippen LogP contribution in [-0.4, -0.2) is 25.8 Å². The molecule has 0 saturated heterocycles. The van der Waals surface area contributed by atoms with Crippen molar-refractivity contribution in [1.82, 2.24) is 4.98 Å². The second-order valence-electron chi connectivity index (χ2n) is 4.20. The summed E-state index contributed by atoms with van der Waals surface area (Å²) in [5.41, 5.74) is 1.85. The average molecular weight is 294 g/mol. The van der Waals surface area contributed by atoms with Gasteiger partial charge in [0.25, 0.3) is 0 Å². The van der Waals surface area contributed by atoms with E-state index in [-0.39, 0.29) is 0 Å². The molecule has 20 heavy (non-hydrogen) atoms. The Balaban J connectivity index is 2.41. The predicted octanol–water partition coefficient (Wildman–Crippen LogP) is 2.57. The maximum atomic E-state index is 5.41. The molecule has 5 nitrogen and oxygen atoms in total. The van der Waals surface area contributed by atoms with Gasteiger partial charge in [-0.2, -0.15) is 0 Å². The Morgan fingerprint density at radius 3 is 2.70 bits per heavy atom. The molecule has 2 N–H and O–H groups in total. The van der Waals surface area contributed by atoms with E-state index in [2.05, 4.69) is 9.82 Å². The lowest BCUT2D eigenvalue weighted by Gasteiger charge is -2.09. The highest BCUT2D eigenvalue weighted by Crippen LogP contribution is 2.36. The summed E-state index contributed by atoms with van der Waals surface area (Å²) >= 11 is 1.64. The monoisotopic (exact) mass is 294 g/mol. The molecule has 108 valence electrons. The summed E-state index contributed by atoms with van der Waals surface area (Å²) in [6.45, 7) is 2.50. The molecular weight excluding hydrogens is 276 g/mol. The van der Waals surface area contributed by atoms with Gasteiger partial charge in [-0.1, -0.05) is 0 Å². The zero-order chi connectivity index (χ0) is 14.5. The number of rotatable bonds is 6. The summed E-state index contributed by atoms with van der Waals surface area (Å²) in [6, 6.07) is 5.69. The van der Waals surface area contributed by atoms with Crippen LogP contribution in [0.4, 0.5) is 0 Å². The fourth-order valence-corrected chi connectivity index (χ4v) is 2.88. The van der Waals surface area contributed by atoms with E-state index in [4.69, 9.17) is 15.4 Å². The highest BCUT2D eigenvalue weighted by atomic mass is 32.1. The molecule has 2 aromatic rings. The molecule has 2 rings (SSSR count). The summed E-state index contributed by atoms with van der Waals surface area (Å²) in [5, 5.41) is 0.993. The lowest BCUT2D eigenvalue weighted by molar-refractivity contribution is 0.141. The largest absolute Gasteiger partial charge is 0.497 e. The summed E-state index contributed by atoms with van der Waals surface area (Å²) in [7, 11) is 3.29. The van der Waals surface area contributed by atoms with Gasteiger partial charge in [-0.15, -0.1) is 11.3 Å². The third-order valence-electron chi connectivity index (χ3n) is 2.94. The normalized spacial score (nSPS) is 10.6. The number of aryl methyl sites for hydroxylation is 1. The van der Waals surface area contributed by atoms with E-state index in [9.17, 15) is 0 Å². The van der Waals surface area contributed by atoms with E-state index in [1.807, 2.05) is 25.1 Å². The van der Waals surface area contributed by atoms with E-state index in [1.54, 1.807) is 25.6 Å². The molecule has 0 fully saturated rings. The smallest absolute Gasteiger partial charge is 0.128 e. The van der Waals surface area contributed by atoms with Crippen molar-refractivity contribution in [1.29, 1.82) is 0 Å². The van der Waals surface area contributed by atoms with Crippen molar-refractivity contribution < 1.29 is 14.3 Å². The number of benzene rings is 1. The molecule has 0 aliphatic heterocycles. The first-order chi connectivity index (χ1) is 9.69. The molecule has 0 amide bonds. The van der Waals surface area contributed by atoms with Gasteiger partial charge in [0.15, 0.2) is 0 Å². The molecule has 6 heteroatoms. The first kappa shape index (κ1) is 14.8. The highest BCUT2D eigenvalue weighted by molar-refractivity contribution is 7.12. The van der Waals surface area contributed by atoms with Gasteiger partial charge in [-0.05, 0) is 25.1 Å². The topological polar surface area (TPSA) is 66.6 Å². The average Bonchev–Trinajstić information content (AvgIpc) is 2.85. The number of thiazole rings is 1. The first-order valence-corrected chi connectivity index (χ1v) is 7.01. The standard InChI is InChI=1S/C14H18N2O3S/c1-9-14(16-13(20-9)6-7-19-15)11-8-10(17-2)4-5-12(11)18-3/h4-5,8H,6-7,15H2,1-3H3. The molecule has 0 unspecified atom stereocenters.